The zero-order valence-corrected chi connectivity index (χ0v) is 18.0. The van der Waals surface area contributed by atoms with Crippen LogP contribution in [0.4, 0.5) is 0 Å². The van der Waals surface area contributed by atoms with Gasteiger partial charge in [-0.2, -0.15) is 0 Å². The van der Waals surface area contributed by atoms with Gasteiger partial charge in [0, 0.05) is 26.2 Å². The van der Waals surface area contributed by atoms with Gasteiger partial charge < -0.3 is 14.5 Å². The van der Waals surface area contributed by atoms with Gasteiger partial charge in [0.1, 0.15) is 9.88 Å². The van der Waals surface area contributed by atoms with Gasteiger partial charge in [-0.05, 0) is 31.9 Å². The maximum atomic E-state index is 13.1. The lowest BCUT2D eigenvalue weighted by Gasteiger charge is -2.36. The van der Waals surface area contributed by atoms with Crippen molar-refractivity contribution in [2.75, 3.05) is 39.4 Å². The van der Waals surface area contributed by atoms with Crippen LogP contribution in [0.5, 0.6) is 0 Å². The first-order valence-corrected chi connectivity index (χ1v) is 11.4. The molecule has 2 saturated heterocycles. The molecule has 4 heterocycles. The number of rotatable bonds is 3. The average molecular weight is 440 g/mol. The van der Waals surface area contributed by atoms with Crippen molar-refractivity contribution in [2.24, 2.45) is 5.92 Å². The zero-order chi connectivity index (χ0) is 19.7. The fourth-order valence-electron chi connectivity index (χ4n) is 3.68. The van der Waals surface area contributed by atoms with Crippen molar-refractivity contribution in [2.45, 2.75) is 19.8 Å². The maximum absolute atomic E-state index is 13.1. The van der Waals surface area contributed by atoms with Crippen LogP contribution in [0.15, 0.2) is 12.1 Å². The van der Waals surface area contributed by atoms with Crippen molar-refractivity contribution >= 4 is 46.1 Å². The van der Waals surface area contributed by atoms with Crippen molar-refractivity contribution in [1.82, 2.24) is 14.8 Å². The molecule has 150 valence electrons. The van der Waals surface area contributed by atoms with Crippen molar-refractivity contribution in [3.63, 3.8) is 0 Å². The minimum Gasteiger partial charge on any atom is -0.378 e. The lowest BCUT2D eigenvalue weighted by molar-refractivity contribution is -0.141. The van der Waals surface area contributed by atoms with Crippen molar-refractivity contribution in [3.05, 3.63) is 27.0 Å². The fraction of sp³-hybridized carbons (Fsp3) is 0.526. The number of hydrogen-bond donors (Lipinski definition) is 0. The molecule has 0 spiro atoms. The molecule has 0 saturated carbocycles. The van der Waals surface area contributed by atoms with Crippen molar-refractivity contribution in [1.29, 1.82) is 0 Å². The summed E-state index contributed by atoms with van der Waals surface area (Å²) < 4.78 is 6.04. The summed E-state index contributed by atoms with van der Waals surface area (Å²) in [6.45, 7) is 5.50. The number of thiazole rings is 1. The Bertz CT molecular complexity index is 876. The van der Waals surface area contributed by atoms with Crippen LogP contribution in [-0.4, -0.2) is 66.0 Å². The molecule has 0 N–H and O–H groups in total. The molecule has 0 radical (unpaired) electrons. The van der Waals surface area contributed by atoms with Crippen LogP contribution >= 0.6 is 34.3 Å². The first-order chi connectivity index (χ1) is 13.5. The quantitative estimate of drug-likeness (QED) is 0.733. The first-order valence-electron chi connectivity index (χ1n) is 9.42. The van der Waals surface area contributed by atoms with E-state index in [0.29, 0.717) is 48.6 Å². The smallest absolute Gasteiger partial charge is 0.265 e. The lowest BCUT2D eigenvalue weighted by Crippen LogP contribution is -2.49. The summed E-state index contributed by atoms with van der Waals surface area (Å²) in [4.78, 5) is 35.9. The Morgan fingerprint density at radius 2 is 1.96 bits per heavy atom. The monoisotopic (exact) mass is 439 g/mol. The van der Waals surface area contributed by atoms with E-state index >= 15 is 0 Å². The molecule has 2 aromatic rings. The van der Waals surface area contributed by atoms with Crippen LogP contribution in [0.1, 0.15) is 28.2 Å². The number of carbonyl (C=O) groups excluding carboxylic acids is 2. The molecule has 2 aliphatic heterocycles. The van der Waals surface area contributed by atoms with Gasteiger partial charge >= 0.3 is 0 Å². The maximum Gasteiger partial charge on any atom is 0.265 e. The third-order valence-electron chi connectivity index (χ3n) is 5.16. The molecule has 2 aromatic heterocycles. The van der Waals surface area contributed by atoms with E-state index in [-0.39, 0.29) is 17.7 Å². The van der Waals surface area contributed by atoms with E-state index in [1.165, 1.54) is 22.7 Å². The van der Waals surface area contributed by atoms with Gasteiger partial charge in [0.05, 0.1) is 34.0 Å². The minimum atomic E-state index is -0.125. The van der Waals surface area contributed by atoms with Gasteiger partial charge in [-0.3, -0.25) is 9.59 Å². The van der Waals surface area contributed by atoms with Crippen LogP contribution < -0.4 is 0 Å². The predicted octanol–water partition coefficient (Wildman–Crippen LogP) is 3.54. The normalized spacial score (nSPS) is 20.4. The van der Waals surface area contributed by atoms with Crippen molar-refractivity contribution in [3.8, 4) is 9.88 Å². The number of halogens is 1. The zero-order valence-electron chi connectivity index (χ0n) is 15.6. The molecule has 2 aliphatic rings. The number of hydrogen-bond acceptors (Lipinski definition) is 6. The van der Waals surface area contributed by atoms with Gasteiger partial charge in [0.15, 0.2) is 0 Å². The Kier molecular flexibility index (Phi) is 6.01. The standard InChI is InChI=1S/C19H22ClN3O3S2/c1-12-16(28-17(21-12)14-4-5-15(20)27-14)19(25)23-6-2-3-13(11-23)18(24)22-7-9-26-10-8-22/h4-5,13H,2-3,6-11H2,1H3. The Hall–Kier alpha value is -1.48. The Morgan fingerprint density at radius 1 is 1.18 bits per heavy atom. The van der Waals surface area contributed by atoms with Gasteiger partial charge in [-0.25, -0.2) is 4.98 Å². The summed E-state index contributed by atoms with van der Waals surface area (Å²) in [5.41, 5.74) is 0.733. The second-order valence-electron chi connectivity index (χ2n) is 7.07. The molecule has 6 nitrogen and oxygen atoms in total. The third kappa shape index (κ3) is 4.10. The SMILES string of the molecule is Cc1nc(-c2ccc(Cl)s2)sc1C(=O)N1CCCC(C(=O)N2CCOCC2)C1. The van der Waals surface area contributed by atoms with Crippen LogP contribution in [0, 0.1) is 12.8 Å². The molecule has 1 atom stereocenters. The van der Waals surface area contributed by atoms with Crippen molar-refractivity contribution < 1.29 is 14.3 Å². The molecule has 1 unspecified atom stereocenters. The summed E-state index contributed by atoms with van der Waals surface area (Å²) in [5, 5.41) is 0.815. The van der Waals surface area contributed by atoms with Crippen LogP contribution in [0.3, 0.4) is 0 Å². The Morgan fingerprint density at radius 3 is 2.68 bits per heavy atom. The number of likely N-dealkylation sites (tertiary alicyclic amines) is 1. The number of aryl methyl sites for hydroxylation is 1. The van der Waals surface area contributed by atoms with Gasteiger partial charge in [-0.1, -0.05) is 11.6 Å². The van der Waals surface area contributed by atoms with E-state index in [9.17, 15) is 9.59 Å². The molecule has 4 rings (SSSR count). The second kappa shape index (κ2) is 8.49. The molecule has 0 bridgehead atoms. The molecular formula is C19H22ClN3O3S2. The lowest BCUT2D eigenvalue weighted by atomic mass is 9.96. The Labute approximate surface area is 177 Å². The van der Waals surface area contributed by atoms with Gasteiger partial charge in [0.25, 0.3) is 5.91 Å². The van der Waals surface area contributed by atoms with E-state index in [2.05, 4.69) is 4.98 Å². The van der Waals surface area contributed by atoms with Crippen LogP contribution in [0.25, 0.3) is 9.88 Å². The second-order valence-corrected chi connectivity index (χ2v) is 9.78. The highest BCUT2D eigenvalue weighted by Crippen LogP contribution is 2.35. The summed E-state index contributed by atoms with van der Waals surface area (Å²) in [7, 11) is 0. The highest BCUT2D eigenvalue weighted by Gasteiger charge is 2.33. The Balaban J connectivity index is 1.47. The fourth-order valence-corrected chi connectivity index (χ4v) is 5.81. The molecule has 0 aromatic carbocycles. The number of amides is 2. The number of aromatic nitrogens is 1. The first kappa shape index (κ1) is 19.8. The average Bonchev–Trinajstić information content (AvgIpc) is 3.33. The summed E-state index contributed by atoms with van der Waals surface area (Å²) in [6, 6.07) is 3.77. The molecule has 0 aliphatic carbocycles. The van der Waals surface area contributed by atoms with Crippen LogP contribution in [-0.2, 0) is 9.53 Å². The topological polar surface area (TPSA) is 62.7 Å². The van der Waals surface area contributed by atoms with E-state index in [1.807, 2.05) is 28.9 Å². The number of thiophene rings is 1. The molecule has 28 heavy (non-hydrogen) atoms. The minimum absolute atomic E-state index is 0.0246. The van der Waals surface area contributed by atoms with Gasteiger partial charge in [0.2, 0.25) is 5.91 Å². The summed E-state index contributed by atoms with van der Waals surface area (Å²) in [5.74, 6) is -0.00118. The van der Waals surface area contributed by atoms with E-state index < -0.39 is 0 Å². The number of morpholine rings is 1. The third-order valence-corrected chi connectivity index (χ3v) is 7.70. The molecule has 2 fully saturated rings. The highest BCUT2D eigenvalue weighted by atomic mass is 35.5. The number of nitrogens with zero attached hydrogens (tertiary/aromatic N) is 3. The molecule has 9 heteroatoms. The predicted molar refractivity (Wildman–Crippen MR) is 111 cm³/mol. The van der Waals surface area contributed by atoms with E-state index in [1.54, 1.807) is 0 Å². The van der Waals surface area contributed by atoms with E-state index in [0.717, 1.165) is 28.4 Å². The van der Waals surface area contributed by atoms with Gasteiger partial charge in [-0.15, -0.1) is 22.7 Å². The van der Waals surface area contributed by atoms with E-state index in [4.69, 9.17) is 16.3 Å². The summed E-state index contributed by atoms with van der Waals surface area (Å²) in [6.07, 6.45) is 1.68. The number of piperidine rings is 1. The number of carbonyl (C=O) groups is 2. The van der Waals surface area contributed by atoms with Crippen LogP contribution in [0.2, 0.25) is 4.34 Å². The molecular weight excluding hydrogens is 418 g/mol. The molecule has 2 amide bonds. The summed E-state index contributed by atoms with van der Waals surface area (Å²) >= 11 is 8.89. The highest BCUT2D eigenvalue weighted by molar-refractivity contribution is 7.24. The number of ether oxygens (including phenoxy) is 1. The largest absolute Gasteiger partial charge is 0.378 e.